The number of aliphatic hydroxyl groups is 1. The molecule has 0 saturated carbocycles. The number of nitro groups is 1. The Morgan fingerprint density at radius 2 is 2.33 bits per heavy atom. The number of aryl methyl sites for hydroxylation is 1. The number of nitrogens with zero attached hydrogens (tertiary/aromatic N) is 3. The van der Waals surface area contributed by atoms with E-state index in [0.29, 0.717) is 5.82 Å². The van der Waals surface area contributed by atoms with Gasteiger partial charge in [0, 0.05) is 13.8 Å². The molecule has 0 aromatic carbocycles. The maximum Gasteiger partial charge on any atom is 0.356 e. The van der Waals surface area contributed by atoms with E-state index in [2.05, 4.69) is 4.98 Å². The first-order chi connectivity index (χ1) is 5.46. The number of aromatic nitrogens is 2. The van der Waals surface area contributed by atoms with E-state index >= 15 is 0 Å². The van der Waals surface area contributed by atoms with Gasteiger partial charge >= 0.3 is 5.82 Å². The van der Waals surface area contributed by atoms with Crippen LogP contribution in [0.15, 0.2) is 0 Å². The maximum absolute atomic E-state index is 10.4. The first-order valence-electron chi connectivity index (χ1n) is 3.43. The molecule has 0 saturated heterocycles. The molecule has 3 rings (SSSR count). The summed E-state index contributed by atoms with van der Waals surface area (Å²) >= 11 is 0. The summed E-state index contributed by atoms with van der Waals surface area (Å²) in [4.78, 5) is 13.7. The van der Waals surface area contributed by atoms with Crippen molar-refractivity contribution in [3.05, 3.63) is 21.6 Å². The molecule has 1 N–H and O–H groups in total. The number of hydrogen-bond acceptors (Lipinski definition) is 4. The zero-order valence-electron chi connectivity index (χ0n) is 6.61. The molecule has 0 spiro atoms. The zero-order chi connectivity index (χ0) is 9.09. The summed E-state index contributed by atoms with van der Waals surface area (Å²) in [5.74, 6) is 0.374. The number of fused-ring (bicyclic) bond motifs is 1. The summed E-state index contributed by atoms with van der Waals surface area (Å²) in [5.41, 5.74) is -1.10. The minimum Gasteiger partial charge on any atom is -0.358 e. The molecule has 1 atom stereocenters. The molecule has 1 aromatic heterocycles. The number of rotatable bonds is 1. The van der Waals surface area contributed by atoms with Crippen LogP contribution in [0.1, 0.15) is 18.4 Å². The van der Waals surface area contributed by atoms with Gasteiger partial charge < -0.3 is 15.2 Å². The molecule has 1 aromatic rings. The lowest BCUT2D eigenvalue weighted by Gasteiger charge is -2.24. The third-order valence-electron chi connectivity index (χ3n) is 2.08. The third kappa shape index (κ3) is 0.526. The molecule has 1 unspecified atom stereocenters. The smallest absolute Gasteiger partial charge is 0.356 e. The Bertz CT molecular complexity index is 380. The fourth-order valence-electron chi connectivity index (χ4n) is 1.58. The van der Waals surface area contributed by atoms with Gasteiger partial charge in [-0.3, -0.25) is 0 Å². The molecule has 2 aliphatic heterocycles. The third-order valence-corrected chi connectivity index (χ3v) is 2.08. The van der Waals surface area contributed by atoms with Gasteiger partial charge in [-0.2, -0.15) is 4.57 Å². The summed E-state index contributed by atoms with van der Waals surface area (Å²) in [5, 5.41) is 19.9. The Hall–Kier alpha value is -1.43. The first-order valence-corrected chi connectivity index (χ1v) is 3.43. The van der Waals surface area contributed by atoms with Crippen LogP contribution in [0.25, 0.3) is 0 Å². The van der Waals surface area contributed by atoms with Crippen LogP contribution < -0.4 is 0 Å². The highest BCUT2D eigenvalue weighted by Gasteiger charge is 2.55. The van der Waals surface area contributed by atoms with Crippen molar-refractivity contribution in [1.82, 2.24) is 9.55 Å². The van der Waals surface area contributed by atoms with E-state index in [9.17, 15) is 15.2 Å². The molecule has 0 aliphatic carbocycles. The fraction of sp³-hybridized carbons (Fsp3) is 0.500. The predicted molar refractivity (Wildman–Crippen MR) is 38.6 cm³/mol. The molecule has 0 amide bonds. The van der Waals surface area contributed by atoms with Crippen LogP contribution in [0.2, 0.25) is 0 Å². The van der Waals surface area contributed by atoms with Gasteiger partial charge in [0.15, 0.2) is 5.82 Å². The summed E-state index contributed by atoms with van der Waals surface area (Å²) in [7, 11) is 0. The van der Waals surface area contributed by atoms with Crippen molar-refractivity contribution in [2.75, 3.05) is 0 Å². The Balaban J connectivity index is 2.64. The average Bonchev–Trinajstić information content (AvgIpc) is 2.37. The van der Waals surface area contributed by atoms with Crippen LogP contribution >= 0.6 is 0 Å². The van der Waals surface area contributed by atoms with Gasteiger partial charge in [0.05, 0.1) is 0 Å². The highest BCUT2D eigenvalue weighted by molar-refractivity contribution is 5.46. The van der Waals surface area contributed by atoms with Gasteiger partial charge in [-0.1, -0.05) is 0 Å². The van der Waals surface area contributed by atoms with E-state index in [-0.39, 0.29) is 11.5 Å². The van der Waals surface area contributed by atoms with Gasteiger partial charge in [0.2, 0.25) is 5.69 Å². The normalized spacial score (nSPS) is 25.2. The van der Waals surface area contributed by atoms with Crippen LogP contribution in [0.5, 0.6) is 0 Å². The summed E-state index contributed by atoms with van der Waals surface area (Å²) in [6.07, 6.45) is 0. The molecular weight excluding hydrogens is 162 g/mol. The Labute approximate surface area is 67.6 Å². The highest BCUT2D eigenvalue weighted by atomic mass is 16.6. The molecule has 3 heterocycles. The number of imidazole rings is 1. The molecule has 0 radical (unpaired) electrons. The Kier molecular flexibility index (Phi) is 1.00. The predicted octanol–water partition coefficient (Wildman–Crippen LogP) is 0.126. The van der Waals surface area contributed by atoms with Crippen LogP contribution in [0, 0.1) is 17.0 Å². The van der Waals surface area contributed by atoms with Gasteiger partial charge in [-0.15, -0.1) is 0 Å². The van der Waals surface area contributed by atoms with Crippen molar-refractivity contribution in [2.45, 2.75) is 19.6 Å². The quantitative estimate of drug-likeness (QED) is 0.478. The van der Waals surface area contributed by atoms with Crippen molar-refractivity contribution in [1.29, 1.82) is 0 Å². The molecule has 6 heteroatoms. The summed E-state index contributed by atoms with van der Waals surface area (Å²) < 4.78 is 1.21. The average molecular weight is 169 g/mol. The fourth-order valence-corrected chi connectivity index (χ4v) is 1.58. The van der Waals surface area contributed by atoms with Crippen molar-refractivity contribution < 1.29 is 10.0 Å². The molecule has 64 valence electrons. The van der Waals surface area contributed by atoms with E-state index in [1.165, 1.54) is 11.5 Å². The Morgan fingerprint density at radius 3 is 2.50 bits per heavy atom. The SMILES string of the molecule is Cc1nc2c([N+](=O)[O-])n1C2(C)O. The molecular formula is C6H7N3O3. The van der Waals surface area contributed by atoms with Crippen molar-refractivity contribution >= 4 is 5.82 Å². The van der Waals surface area contributed by atoms with Crippen molar-refractivity contribution in [3.8, 4) is 0 Å². The zero-order valence-corrected chi connectivity index (χ0v) is 6.61. The lowest BCUT2D eigenvalue weighted by atomic mass is 10.1. The van der Waals surface area contributed by atoms with E-state index in [4.69, 9.17) is 0 Å². The lowest BCUT2D eigenvalue weighted by molar-refractivity contribution is -0.403. The van der Waals surface area contributed by atoms with E-state index in [0.717, 1.165) is 0 Å². The number of hydrogen-bond donors (Lipinski definition) is 1. The summed E-state index contributed by atoms with van der Waals surface area (Å²) in [6, 6.07) is 0. The van der Waals surface area contributed by atoms with Crippen LogP contribution in [-0.4, -0.2) is 19.6 Å². The van der Waals surface area contributed by atoms with Gasteiger partial charge in [-0.05, 0) is 4.92 Å². The standard InChI is InChI=1S/C6H7N3O3/c1-3-7-4-5(9(11)12)8(3)6(4,2)10/h10H,1-2H3. The van der Waals surface area contributed by atoms with E-state index in [1.807, 2.05) is 0 Å². The van der Waals surface area contributed by atoms with Crippen LogP contribution in [-0.2, 0) is 5.72 Å². The van der Waals surface area contributed by atoms with Crippen molar-refractivity contribution in [2.24, 2.45) is 0 Å². The lowest BCUT2D eigenvalue weighted by Crippen LogP contribution is -2.38. The van der Waals surface area contributed by atoms with Crippen LogP contribution in [0.4, 0.5) is 5.82 Å². The van der Waals surface area contributed by atoms with Crippen LogP contribution in [0.3, 0.4) is 0 Å². The molecule has 2 aliphatic rings. The maximum atomic E-state index is 10.4. The van der Waals surface area contributed by atoms with E-state index in [1.54, 1.807) is 6.92 Å². The minimum atomic E-state index is -1.26. The second-order valence-corrected chi connectivity index (χ2v) is 2.94. The second-order valence-electron chi connectivity index (χ2n) is 2.94. The second kappa shape index (κ2) is 1.66. The van der Waals surface area contributed by atoms with Crippen molar-refractivity contribution in [3.63, 3.8) is 0 Å². The monoisotopic (exact) mass is 169 g/mol. The molecule has 12 heavy (non-hydrogen) atoms. The van der Waals surface area contributed by atoms with Gasteiger partial charge in [-0.25, -0.2) is 4.98 Å². The first kappa shape index (κ1) is 7.23. The summed E-state index contributed by atoms with van der Waals surface area (Å²) in [6.45, 7) is 3.10. The highest BCUT2D eigenvalue weighted by Crippen LogP contribution is 2.44. The van der Waals surface area contributed by atoms with E-state index < -0.39 is 10.6 Å². The molecule has 2 bridgehead atoms. The Morgan fingerprint density at radius 1 is 1.75 bits per heavy atom. The minimum absolute atomic E-state index is 0.0995. The molecule has 0 fully saturated rings. The largest absolute Gasteiger partial charge is 0.358 e. The van der Waals surface area contributed by atoms with Gasteiger partial charge in [0.25, 0.3) is 5.72 Å². The van der Waals surface area contributed by atoms with Gasteiger partial charge in [0.1, 0.15) is 0 Å². The topological polar surface area (TPSA) is 81.2 Å². The molecule has 6 nitrogen and oxygen atoms in total.